The van der Waals surface area contributed by atoms with Gasteiger partial charge in [0.1, 0.15) is 6.15 Å². The topological polar surface area (TPSA) is 57.5 Å². The van der Waals surface area contributed by atoms with E-state index in [4.69, 9.17) is 0 Å². The van der Waals surface area contributed by atoms with Gasteiger partial charge in [-0.25, -0.2) is 0 Å². The van der Waals surface area contributed by atoms with Crippen molar-refractivity contribution in [1.82, 2.24) is 0 Å². The molecule has 4 nitrogen and oxygen atoms in total. The van der Waals surface area contributed by atoms with Gasteiger partial charge < -0.3 is 14.8 Å². The maximum absolute atomic E-state index is 11.0. The molecule has 0 aromatic heterocycles. The van der Waals surface area contributed by atoms with Gasteiger partial charge in [-0.1, -0.05) is 141 Å². The van der Waals surface area contributed by atoms with Gasteiger partial charge in [0.25, 0.3) is 5.97 Å². The van der Waals surface area contributed by atoms with Gasteiger partial charge >= 0.3 is 26.2 Å². The summed E-state index contributed by atoms with van der Waals surface area (Å²) in [5.41, 5.74) is 5.36. The third-order valence-corrected chi connectivity index (χ3v) is 7.70. The van der Waals surface area contributed by atoms with Gasteiger partial charge in [0.05, 0.1) is 7.11 Å². The standard InChI is InChI=1S/C24H20B.C8H15NO3.2C5H5.Zr/c1-5-13-21(14-6-1)25(22-15-7-2-8-16-22,23-17-9-3-10-18-23)24-19-11-4-12-20-24;1-5(2)7(8(11)12-4)9-6(3)10;2*1-2-4-5-3-1;/h1-20H;5,7H,1-4H3,(H,9,10);2*1-5H;/q-1;;;;+4/p-1/t;7-;;;/m.0.../s1. The number of nitrogens with zero attached hydrogens (tertiary/aromatic N) is 1. The summed E-state index contributed by atoms with van der Waals surface area (Å²) in [6.07, 6.45) is 18.8. The number of carbonyl (C=O) groups is 2. The van der Waals surface area contributed by atoms with Gasteiger partial charge in [0.15, 0.2) is 0 Å². The van der Waals surface area contributed by atoms with Crippen molar-refractivity contribution >= 4 is 39.9 Å². The molecule has 0 unspecified atom stereocenters. The fraction of sp³-hybridized carbons (Fsp3) is 0.143. The molecule has 2 saturated carbocycles. The van der Waals surface area contributed by atoms with Gasteiger partial charge in [-0.3, -0.25) is 4.79 Å². The minimum atomic E-state index is -1.22. The molecule has 4 aromatic carbocycles. The Labute approximate surface area is 309 Å². The molecule has 1 atom stereocenters. The van der Waals surface area contributed by atoms with Crippen molar-refractivity contribution < 1.29 is 40.5 Å². The second-order valence-electron chi connectivity index (χ2n) is 11.3. The van der Waals surface area contributed by atoms with Crippen LogP contribution in [0.5, 0.6) is 0 Å². The molecule has 0 bridgehead atoms. The molecular formula is C42H44BNO3Zr+2. The molecule has 2 fully saturated rings. The summed E-state index contributed by atoms with van der Waals surface area (Å²) in [4.78, 5) is 21.6. The van der Waals surface area contributed by atoms with E-state index in [2.05, 4.69) is 131 Å². The SMILES string of the molecule is COC(=O)[C@@H]([N-]C(C)=O)C(C)C.[CH]1[CH][CH][CH][CH]1.[CH]1[CH][CH][CH][CH]1.[Zr+4].c1ccc([B-](c2ccccc2)(c2ccccc2)c2ccccc2)cc1. The summed E-state index contributed by atoms with van der Waals surface area (Å²) in [5, 5.41) is 3.63. The van der Waals surface area contributed by atoms with E-state index < -0.39 is 18.2 Å². The van der Waals surface area contributed by atoms with Gasteiger partial charge in [0.2, 0.25) is 0 Å². The zero-order chi connectivity index (χ0) is 33.7. The maximum Gasteiger partial charge on any atom is 4.00 e. The predicted octanol–water partition coefficient (Wildman–Crippen LogP) is 6.21. The van der Waals surface area contributed by atoms with Crippen molar-refractivity contribution in [3.05, 3.63) is 191 Å². The van der Waals surface area contributed by atoms with Crippen LogP contribution in [0.3, 0.4) is 0 Å². The Morgan fingerprint density at radius 3 is 0.958 bits per heavy atom. The Morgan fingerprint density at radius 2 is 0.771 bits per heavy atom. The van der Waals surface area contributed by atoms with Crippen LogP contribution in [-0.4, -0.2) is 31.2 Å². The number of rotatable bonds is 7. The molecule has 2 aliphatic rings. The van der Waals surface area contributed by atoms with E-state index in [1.165, 1.54) is 35.9 Å². The van der Waals surface area contributed by atoms with E-state index in [9.17, 15) is 9.59 Å². The first kappa shape index (κ1) is 40.9. The number of methoxy groups -OCH3 is 1. The molecule has 2 aliphatic carbocycles. The fourth-order valence-corrected chi connectivity index (χ4v) is 5.55. The van der Waals surface area contributed by atoms with Crippen LogP contribution < -0.4 is 21.9 Å². The minimum Gasteiger partial charge on any atom is -0.642 e. The van der Waals surface area contributed by atoms with Crippen LogP contribution in [0, 0.1) is 70.1 Å². The van der Waals surface area contributed by atoms with Gasteiger partial charge in [0, 0.05) is 5.91 Å². The minimum absolute atomic E-state index is 0. The van der Waals surface area contributed by atoms with E-state index in [0.29, 0.717) is 0 Å². The van der Waals surface area contributed by atoms with E-state index in [1.54, 1.807) is 0 Å². The molecular weight excluding hydrogens is 669 g/mol. The zero-order valence-corrected chi connectivity index (χ0v) is 30.7. The Hall–Kier alpha value is -3.23. The maximum atomic E-state index is 11.0. The summed E-state index contributed by atoms with van der Waals surface area (Å²) in [7, 11) is 1.29. The molecule has 4 aromatic rings. The number of benzene rings is 4. The van der Waals surface area contributed by atoms with Crippen LogP contribution in [0.4, 0.5) is 0 Å². The van der Waals surface area contributed by atoms with Crippen LogP contribution in [-0.2, 0) is 40.5 Å². The van der Waals surface area contributed by atoms with Crippen molar-refractivity contribution in [2.24, 2.45) is 5.92 Å². The summed E-state index contributed by atoms with van der Waals surface area (Å²) in [6, 6.07) is 42.9. The average Bonchev–Trinajstić information content (AvgIpc) is 3.90. The Kier molecular flexibility index (Phi) is 19.8. The second kappa shape index (κ2) is 23.2. The predicted molar refractivity (Wildman–Crippen MR) is 198 cm³/mol. The molecule has 6 heteroatoms. The van der Waals surface area contributed by atoms with E-state index in [-0.39, 0.29) is 38.0 Å². The number of amides is 1. The van der Waals surface area contributed by atoms with Crippen molar-refractivity contribution in [2.45, 2.75) is 26.8 Å². The zero-order valence-electron chi connectivity index (χ0n) is 28.2. The first-order valence-electron chi connectivity index (χ1n) is 15.9. The quantitative estimate of drug-likeness (QED) is 0.169. The van der Waals surface area contributed by atoms with Crippen LogP contribution in [0.1, 0.15) is 20.8 Å². The van der Waals surface area contributed by atoms with Crippen molar-refractivity contribution in [3.8, 4) is 0 Å². The van der Waals surface area contributed by atoms with E-state index in [0.717, 1.165) is 0 Å². The number of esters is 1. The van der Waals surface area contributed by atoms with Crippen molar-refractivity contribution in [2.75, 3.05) is 7.11 Å². The molecule has 6 rings (SSSR count). The normalized spacial score (nSPS) is 13.9. The van der Waals surface area contributed by atoms with E-state index in [1.807, 2.05) is 78.1 Å². The first-order valence-corrected chi connectivity index (χ1v) is 15.9. The van der Waals surface area contributed by atoms with Crippen molar-refractivity contribution in [3.63, 3.8) is 0 Å². The second-order valence-corrected chi connectivity index (χ2v) is 11.3. The third-order valence-electron chi connectivity index (χ3n) is 7.70. The summed E-state index contributed by atoms with van der Waals surface area (Å²) in [5.74, 6) is -0.819. The number of ether oxygens (including phenoxy) is 1. The van der Waals surface area contributed by atoms with Crippen molar-refractivity contribution in [1.29, 1.82) is 0 Å². The number of hydrogen-bond donors (Lipinski definition) is 0. The first-order chi connectivity index (χ1) is 22.9. The average molecular weight is 713 g/mol. The third kappa shape index (κ3) is 12.7. The largest absolute Gasteiger partial charge is 4.00 e. The molecule has 240 valence electrons. The molecule has 0 aliphatic heterocycles. The molecule has 0 heterocycles. The molecule has 0 saturated heterocycles. The Balaban J connectivity index is 0.000000287. The number of carbonyl (C=O) groups excluding carboxylic acids is 2. The molecule has 1 amide bonds. The monoisotopic (exact) mass is 711 g/mol. The van der Waals surface area contributed by atoms with E-state index >= 15 is 0 Å². The van der Waals surface area contributed by atoms with Crippen LogP contribution in [0.2, 0.25) is 0 Å². The van der Waals surface area contributed by atoms with Crippen LogP contribution in [0.25, 0.3) is 5.32 Å². The molecule has 48 heavy (non-hydrogen) atoms. The molecule has 10 radical (unpaired) electrons. The summed E-state index contributed by atoms with van der Waals surface area (Å²) < 4.78 is 4.49. The van der Waals surface area contributed by atoms with Crippen LogP contribution in [0.15, 0.2) is 121 Å². The van der Waals surface area contributed by atoms with Gasteiger partial charge in [-0.2, -0.15) is 21.9 Å². The number of hydrogen-bond acceptors (Lipinski definition) is 3. The molecule has 0 N–H and O–H groups in total. The smallest absolute Gasteiger partial charge is 0.642 e. The van der Waals surface area contributed by atoms with Gasteiger partial charge in [-0.05, 0) is 77.2 Å². The molecule has 0 spiro atoms. The summed E-state index contributed by atoms with van der Waals surface area (Å²) in [6.45, 7) is 4.94. The Bertz CT molecular complexity index is 1220. The summed E-state index contributed by atoms with van der Waals surface area (Å²) >= 11 is 0. The Morgan fingerprint density at radius 1 is 0.521 bits per heavy atom. The fourth-order valence-electron chi connectivity index (χ4n) is 5.55. The van der Waals surface area contributed by atoms with Gasteiger partial charge in [-0.15, -0.1) is 0 Å². The van der Waals surface area contributed by atoms with Crippen LogP contribution >= 0.6 is 0 Å².